The van der Waals surface area contributed by atoms with Crippen LogP contribution in [-0.4, -0.2) is 21.0 Å². The summed E-state index contributed by atoms with van der Waals surface area (Å²) in [6, 6.07) is 2.73. The first-order valence-electron chi connectivity index (χ1n) is 6.06. The van der Waals surface area contributed by atoms with Gasteiger partial charge in [0.1, 0.15) is 12.4 Å². The van der Waals surface area contributed by atoms with E-state index in [1.54, 1.807) is 4.57 Å². The molecule has 1 aromatic heterocycles. The Morgan fingerprint density at radius 1 is 1.50 bits per heavy atom. The van der Waals surface area contributed by atoms with Gasteiger partial charge >= 0.3 is 0 Å². The highest BCUT2D eigenvalue weighted by Crippen LogP contribution is 2.22. The number of rotatable bonds is 2. The Morgan fingerprint density at radius 2 is 2.15 bits per heavy atom. The van der Waals surface area contributed by atoms with Gasteiger partial charge < -0.3 is 14.9 Å². The number of H-pyrrole nitrogens is 1. The summed E-state index contributed by atoms with van der Waals surface area (Å²) < 4.78 is 15.3. The Kier molecular flexibility index (Phi) is 3.88. The average Bonchev–Trinajstić information content (AvgIpc) is 2.54. The van der Waals surface area contributed by atoms with E-state index in [0.717, 1.165) is 0 Å². The number of fused-ring (bicyclic) bond motifs is 1. The second-order valence-electron chi connectivity index (χ2n) is 5.60. The van der Waals surface area contributed by atoms with E-state index >= 15 is 0 Å². The lowest BCUT2D eigenvalue weighted by molar-refractivity contribution is -0.123. The summed E-state index contributed by atoms with van der Waals surface area (Å²) in [7, 11) is 0. The van der Waals surface area contributed by atoms with Gasteiger partial charge in [0.15, 0.2) is 4.77 Å². The minimum absolute atomic E-state index is 0.00326. The number of halogens is 2. The van der Waals surface area contributed by atoms with Crippen LogP contribution in [0.4, 0.5) is 4.39 Å². The monoisotopic (exact) mass is 315 g/mol. The van der Waals surface area contributed by atoms with Crippen LogP contribution in [0.3, 0.4) is 0 Å². The van der Waals surface area contributed by atoms with Gasteiger partial charge in [0.2, 0.25) is 5.91 Å². The second kappa shape index (κ2) is 5.18. The molecule has 2 N–H and O–H groups in total. The number of carbonyl (C=O) groups excluding carboxylic acids is 1. The molecule has 0 radical (unpaired) electrons. The van der Waals surface area contributed by atoms with Crippen molar-refractivity contribution in [2.24, 2.45) is 0 Å². The van der Waals surface area contributed by atoms with Crippen molar-refractivity contribution in [3.05, 3.63) is 27.7 Å². The van der Waals surface area contributed by atoms with E-state index in [-0.39, 0.29) is 23.0 Å². The zero-order valence-corrected chi connectivity index (χ0v) is 13.0. The molecular formula is C13H15ClFN3OS. The maximum absolute atomic E-state index is 13.4. The molecule has 20 heavy (non-hydrogen) atoms. The number of hydrogen-bond donors (Lipinski definition) is 2. The van der Waals surface area contributed by atoms with Crippen molar-refractivity contribution in [3.63, 3.8) is 0 Å². The van der Waals surface area contributed by atoms with Crippen LogP contribution >= 0.6 is 23.8 Å². The SMILES string of the molecule is CC(C)(C)NC(=O)Cn1c(=S)[nH]c2cc(F)c(Cl)cc21. The number of benzene rings is 1. The highest BCUT2D eigenvalue weighted by molar-refractivity contribution is 7.71. The molecule has 1 aromatic carbocycles. The molecule has 0 saturated carbocycles. The molecule has 4 nitrogen and oxygen atoms in total. The van der Waals surface area contributed by atoms with Crippen LogP contribution in [0.2, 0.25) is 5.02 Å². The quantitative estimate of drug-likeness (QED) is 0.834. The molecule has 2 aromatic rings. The summed E-state index contributed by atoms with van der Waals surface area (Å²) in [6.45, 7) is 5.74. The number of carbonyl (C=O) groups is 1. The summed E-state index contributed by atoms with van der Waals surface area (Å²) in [5.41, 5.74) is 0.792. The van der Waals surface area contributed by atoms with Crippen molar-refractivity contribution >= 4 is 40.8 Å². The molecular weight excluding hydrogens is 301 g/mol. The second-order valence-corrected chi connectivity index (χ2v) is 6.39. The molecule has 0 saturated heterocycles. The van der Waals surface area contributed by atoms with Crippen LogP contribution in [0.1, 0.15) is 20.8 Å². The predicted octanol–water partition coefficient (Wildman–Crippen LogP) is 3.41. The number of aromatic nitrogens is 2. The average molecular weight is 316 g/mol. The van der Waals surface area contributed by atoms with Gasteiger partial charge in [-0.2, -0.15) is 0 Å². The van der Waals surface area contributed by atoms with E-state index in [0.29, 0.717) is 15.8 Å². The summed E-state index contributed by atoms with van der Waals surface area (Å²) in [5.74, 6) is -0.698. The van der Waals surface area contributed by atoms with Crippen LogP contribution in [0.25, 0.3) is 11.0 Å². The van der Waals surface area contributed by atoms with E-state index < -0.39 is 5.82 Å². The maximum Gasteiger partial charge on any atom is 0.240 e. The summed E-state index contributed by atoms with van der Waals surface area (Å²) in [6.07, 6.45) is 0. The number of hydrogen-bond acceptors (Lipinski definition) is 2. The van der Waals surface area contributed by atoms with Crippen LogP contribution in [0, 0.1) is 10.6 Å². The molecule has 0 aliphatic rings. The zero-order valence-electron chi connectivity index (χ0n) is 11.4. The van der Waals surface area contributed by atoms with Crippen LogP contribution < -0.4 is 5.32 Å². The van der Waals surface area contributed by atoms with Gasteiger partial charge in [-0.15, -0.1) is 0 Å². The molecule has 1 amide bonds. The fourth-order valence-corrected chi connectivity index (χ4v) is 2.34. The van der Waals surface area contributed by atoms with Gasteiger partial charge in [0.05, 0.1) is 16.1 Å². The van der Waals surface area contributed by atoms with E-state index in [1.807, 2.05) is 20.8 Å². The third kappa shape index (κ3) is 3.19. The van der Waals surface area contributed by atoms with Gasteiger partial charge in [0, 0.05) is 11.6 Å². The standard InChI is InChI=1S/C13H15ClFN3OS/c1-13(2,3)17-11(19)6-18-10-4-7(14)8(15)5-9(10)16-12(18)20/h4-5H,6H2,1-3H3,(H,16,20)(H,17,19). The summed E-state index contributed by atoms with van der Waals surface area (Å²) >= 11 is 10.9. The highest BCUT2D eigenvalue weighted by Gasteiger charge is 2.16. The molecule has 0 unspecified atom stereocenters. The molecule has 0 atom stereocenters. The minimum atomic E-state index is -0.526. The zero-order chi connectivity index (χ0) is 15.1. The molecule has 0 spiro atoms. The van der Waals surface area contributed by atoms with Crippen molar-refractivity contribution in [3.8, 4) is 0 Å². The third-order valence-corrected chi connectivity index (χ3v) is 3.24. The lowest BCUT2D eigenvalue weighted by atomic mass is 10.1. The summed E-state index contributed by atoms with van der Waals surface area (Å²) in [4.78, 5) is 14.8. The van der Waals surface area contributed by atoms with Gasteiger partial charge in [-0.05, 0) is 39.1 Å². The molecule has 7 heteroatoms. The minimum Gasteiger partial charge on any atom is -0.350 e. The van der Waals surface area contributed by atoms with Crippen molar-refractivity contribution in [1.29, 1.82) is 0 Å². The Morgan fingerprint density at radius 3 is 2.75 bits per heavy atom. The van der Waals surface area contributed by atoms with Crippen molar-refractivity contribution < 1.29 is 9.18 Å². The third-order valence-electron chi connectivity index (χ3n) is 2.63. The topological polar surface area (TPSA) is 49.8 Å². The van der Waals surface area contributed by atoms with Crippen LogP contribution in [0.5, 0.6) is 0 Å². The number of amides is 1. The van der Waals surface area contributed by atoms with Gasteiger partial charge in [-0.1, -0.05) is 11.6 Å². The molecule has 0 bridgehead atoms. The van der Waals surface area contributed by atoms with E-state index in [4.69, 9.17) is 23.8 Å². The first kappa shape index (κ1) is 15.0. The lowest BCUT2D eigenvalue weighted by Gasteiger charge is -2.20. The fraction of sp³-hybridized carbons (Fsp3) is 0.385. The first-order chi connectivity index (χ1) is 9.17. The number of nitrogens with zero attached hydrogens (tertiary/aromatic N) is 1. The van der Waals surface area contributed by atoms with E-state index in [2.05, 4.69) is 10.3 Å². The van der Waals surface area contributed by atoms with Gasteiger partial charge in [0.25, 0.3) is 0 Å². The fourth-order valence-electron chi connectivity index (χ4n) is 1.91. The van der Waals surface area contributed by atoms with E-state index in [9.17, 15) is 9.18 Å². The molecule has 0 aliphatic heterocycles. The Bertz CT molecular complexity index is 730. The molecule has 108 valence electrons. The summed E-state index contributed by atoms with van der Waals surface area (Å²) in [5, 5.41) is 2.85. The molecule has 0 aliphatic carbocycles. The first-order valence-corrected chi connectivity index (χ1v) is 6.84. The Hall–Kier alpha value is -1.40. The largest absolute Gasteiger partial charge is 0.350 e. The number of aromatic amines is 1. The van der Waals surface area contributed by atoms with Crippen molar-refractivity contribution in [2.45, 2.75) is 32.9 Å². The lowest BCUT2D eigenvalue weighted by Crippen LogP contribution is -2.42. The van der Waals surface area contributed by atoms with Gasteiger partial charge in [-0.3, -0.25) is 4.79 Å². The number of imidazole rings is 1. The Balaban J connectivity index is 2.40. The van der Waals surface area contributed by atoms with Crippen LogP contribution in [-0.2, 0) is 11.3 Å². The highest BCUT2D eigenvalue weighted by atomic mass is 35.5. The van der Waals surface area contributed by atoms with Crippen molar-refractivity contribution in [2.75, 3.05) is 0 Å². The van der Waals surface area contributed by atoms with Gasteiger partial charge in [-0.25, -0.2) is 4.39 Å². The Labute approximate surface area is 125 Å². The molecule has 1 heterocycles. The smallest absolute Gasteiger partial charge is 0.240 e. The molecule has 0 fully saturated rings. The van der Waals surface area contributed by atoms with Crippen LogP contribution in [0.15, 0.2) is 12.1 Å². The predicted molar refractivity (Wildman–Crippen MR) is 80.0 cm³/mol. The normalized spacial score (nSPS) is 11.8. The molecule has 2 rings (SSSR count). The maximum atomic E-state index is 13.4. The van der Waals surface area contributed by atoms with Crippen molar-refractivity contribution in [1.82, 2.24) is 14.9 Å². The number of nitrogens with one attached hydrogen (secondary N) is 2. The van der Waals surface area contributed by atoms with E-state index in [1.165, 1.54) is 12.1 Å².